The highest BCUT2D eigenvalue weighted by Crippen LogP contribution is 2.26. The molecule has 0 atom stereocenters. The summed E-state index contributed by atoms with van der Waals surface area (Å²) in [7, 11) is 0. The van der Waals surface area contributed by atoms with Crippen LogP contribution in [0.1, 0.15) is 72.3 Å². The van der Waals surface area contributed by atoms with E-state index in [-0.39, 0.29) is 0 Å². The summed E-state index contributed by atoms with van der Waals surface area (Å²) < 4.78 is 0. The van der Waals surface area contributed by atoms with E-state index in [1.165, 1.54) is 48.1 Å². The van der Waals surface area contributed by atoms with Crippen LogP contribution in [0.25, 0.3) is 10.4 Å². The van der Waals surface area contributed by atoms with Crippen LogP contribution in [0.3, 0.4) is 0 Å². The average molecular weight is 333 g/mol. The Hall–Kier alpha value is -1.08. The molecule has 1 aliphatic carbocycles. The van der Waals surface area contributed by atoms with Crippen molar-refractivity contribution in [2.24, 2.45) is 5.92 Å². The molecule has 1 aliphatic rings. The van der Waals surface area contributed by atoms with E-state index in [0.29, 0.717) is 0 Å². The van der Waals surface area contributed by atoms with Crippen molar-refractivity contribution >= 4 is 11.3 Å². The fraction of sp³-hybridized carbons (Fsp3) is 0.545. The van der Waals surface area contributed by atoms with Crippen LogP contribution in [0, 0.1) is 12.8 Å². The number of benzene rings is 1. The molecular formula is C22H36S. The van der Waals surface area contributed by atoms with Gasteiger partial charge >= 0.3 is 0 Å². The highest BCUT2D eigenvalue weighted by atomic mass is 32.1. The van der Waals surface area contributed by atoms with Crippen LogP contribution in [0.15, 0.2) is 41.8 Å². The van der Waals surface area contributed by atoms with E-state index < -0.39 is 0 Å². The van der Waals surface area contributed by atoms with Gasteiger partial charge in [0.05, 0.1) is 0 Å². The van der Waals surface area contributed by atoms with E-state index >= 15 is 0 Å². The van der Waals surface area contributed by atoms with Crippen molar-refractivity contribution in [2.75, 3.05) is 0 Å². The van der Waals surface area contributed by atoms with Gasteiger partial charge in [-0.2, -0.15) is 0 Å². The van der Waals surface area contributed by atoms with Gasteiger partial charge in [-0.15, -0.1) is 11.3 Å². The minimum atomic E-state index is 1.04. The van der Waals surface area contributed by atoms with Crippen molar-refractivity contribution in [3.8, 4) is 10.4 Å². The maximum atomic E-state index is 2.36. The fourth-order valence-corrected chi connectivity index (χ4v) is 3.40. The molecule has 1 heterocycles. The number of hydrogen-bond acceptors (Lipinski definition) is 1. The van der Waals surface area contributed by atoms with Gasteiger partial charge in [-0.25, -0.2) is 0 Å². The lowest BCUT2D eigenvalue weighted by molar-refractivity contribution is 0.385. The largest absolute Gasteiger partial charge is 0.144 e. The summed E-state index contributed by atoms with van der Waals surface area (Å²) in [6, 6.07) is 12.7. The molecule has 0 saturated heterocycles. The first-order chi connectivity index (χ1) is 11.3. The third-order valence-corrected chi connectivity index (χ3v) is 4.78. The van der Waals surface area contributed by atoms with Crippen LogP contribution in [0.4, 0.5) is 0 Å². The summed E-state index contributed by atoms with van der Waals surface area (Å²) in [4.78, 5) is 1.35. The molecule has 0 nitrogen and oxygen atoms in total. The summed E-state index contributed by atoms with van der Waals surface area (Å²) in [5.41, 5.74) is 2.66. The summed E-state index contributed by atoms with van der Waals surface area (Å²) in [5, 5.41) is 2.18. The van der Waals surface area contributed by atoms with E-state index in [9.17, 15) is 0 Å². The van der Waals surface area contributed by atoms with Gasteiger partial charge in [0.1, 0.15) is 0 Å². The molecule has 0 unspecified atom stereocenters. The zero-order valence-electron chi connectivity index (χ0n) is 16.1. The van der Waals surface area contributed by atoms with Crippen LogP contribution in [0.5, 0.6) is 0 Å². The molecule has 0 amide bonds. The third kappa shape index (κ3) is 9.61. The van der Waals surface area contributed by atoms with Crippen molar-refractivity contribution < 1.29 is 0 Å². The molecule has 1 fully saturated rings. The van der Waals surface area contributed by atoms with Gasteiger partial charge < -0.3 is 0 Å². The van der Waals surface area contributed by atoms with Crippen molar-refractivity contribution in [1.29, 1.82) is 0 Å². The predicted octanol–water partition coefficient (Wildman–Crippen LogP) is 8.36. The number of aryl methyl sites for hydroxylation is 1. The van der Waals surface area contributed by atoms with Gasteiger partial charge in [-0.3, -0.25) is 0 Å². The lowest BCUT2D eigenvalue weighted by Crippen LogP contribution is -1.99. The topological polar surface area (TPSA) is 0 Å². The Morgan fingerprint density at radius 3 is 1.83 bits per heavy atom. The van der Waals surface area contributed by atoms with Gasteiger partial charge in [0.2, 0.25) is 0 Å². The second kappa shape index (κ2) is 14.5. The van der Waals surface area contributed by atoms with Gasteiger partial charge in [0.25, 0.3) is 0 Å². The van der Waals surface area contributed by atoms with Gasteiger partial charge in [0.15, 0.2) is 0 Å². The minimum absolute atomic E-state index is 1.04. The zero-order valence-corrected chi connectivity index (χ0v) is 16.9. The monoisotopic (exact) mass is 332 g/mol. The van der Waals surface area contributed by atoms with Crippen LogP contribution >= 0.6 is 11.3 Å². The Labute approximate surface area is 149 Å². The first kappa shape index (κ1) is 21.9. The smallest absolute Gasteiger partial charge is 0.0345 e. The summed E-state index contributed by atoms with van der Waals surface area (Å²) in [6.45, 7) is 12.5. The van der Waals surface area contributed by atoms with Crippen LogP contribution < -0.4 is 0 Å². The Bertz CT molecular complexity index is 464. The summed E-state index contributed by atoms with van der Waals surface area (Å²) in [6.07, 6.45) is 7.44. The number of thiophene rings is 1. The lowest BCUT2D eigenvalue weighted by atomic mass is 9.91. The molecule has 130 valence electrons. The van der Waals surface area contributed by atoms with E-state index in [1.807, 2.05) is 33.8 Å². The molecule has 0 spiro atoms. The second-order valence-electron chi connectivity index (χ2n) is 5.60. The first-order valence-electron chi connectivity index (χ1n) is 9.36. The average Bonchev–Trinajstić information content (AvgIpc) is 3.07. The highest BCUT2D eigenvalue weighted by Gasteiger charge is 2.05. The molecule has 3 rings (SSSR count). The summed E-state index contributed by atoms with van der Waals surface area (Å²) >= 11 is 1.80. The molecule has 0 radical (unpaired) electrons. The second-order valence-corrected chi connectivity index (χ2v) is 6.51. The van der Waals surface area contributed by atoms with Gasteiger partial charge in [-0.05, 0) is 35.4 Å². The van der Waals surface area contributed by atoms with Crippen molar-refractivity contribution in [3.05, 3.63) is 47.3 Å². The molecule has 23 heavy (non-hydrogen) atoms. The maximum Gasteiger partial charge on any atom is 0.0345 e. The van der Waals surface area contributed by atoms with Crippen molar-refractivity contribution in [3.63, 3.8) is 0 Å². The SMILES string of the molecule is CC.CC.CC1CCCCC1.Cc1csc(-c2ccccc2)c1. The highest BCUT2D eigenvalue weighted by molar-refractivity contribution is 7.13. The van der Waals surface area contributed by atoms with Crippen LogP contribution in [-0.2, 0) is 0 Å². The molecular weight excluding hydrogens is 296 g/mol. The quantitative estimate of drug-likeness (QED) is 0.492. The predicted molar refractivity (Wildman–Crippen MR) is 109 cm³/mol. The zero-order chi connectivity index (χ0) is 17.5. The molecule has 1 heteroatoms. The standard InChI is InChI=1S/C11H10S.C7H14.2C2H6/c1-9-7-11(12-8-9)10-5-3-2-4-6-10;1-7-5-3-2-4-6-7;2*1-2/h2-8H,1H3;7H,2-6H2,1H3;2*1-2H3. The Kier molecular flexibility index (Phi) is 13.8. The van der Waals surface area contributed by atoms with Crippen LogP contribution in [0.2, 0.25) is 0 Å². The van der Waals surface area contributed by atoms with E-state index in [4.69, 9.17) is 0 Å². The molecule has 1 aromatic heterocycles. The Morgan fingerprint density at radius 1 is 0.870 bits per heavy atom. The van der Waals surface area contributed by atoms with Crippen molar-refractivity contribution in [2.45, 2.75) is 73.6 Å². The molecule has 0 aliphatic heterocycles. The number of hydrogen-bond donors (Lipinski definition) is 0. The summed E-state index contributed by atoms with van der Waals surface area (Å²) in [5.74, 6) is 1.04. The minimum Gasteiger partial charge on any atom is -0.144 e. The van der Waals surface area contributed by atoms with E-state index in [1.54, 1.807) is 11.3 Å². The Balaban J connectivity index is 0.000000377. The molecule has 2 aromatic rings. The molecule has 0 N–H and O–H groups in total. The first-order valence-corrected chi connectivity index (χ1v) is 10.2. The number of rotatable bonds is 1. The maximum absolute atomic E-state index is 2.36. The lowest BCUT2D eigenvalue weighted by Gasteiger charge is -2.15. The van der Waals surface area contributed by atoms with Crippen molar-refractivity contribution in [1.82, 2.24) is 0 Å². The fourth-order valence-electron chi connectivity index (χ4n) is 2.49. The van der Waals surface area contributed by atoms with E-state index in [0.717, 1.165) is 5.92 Å². The normalized spacial score (nSPS) is 13.5. The van der Waals surface area contributed by atoms with Crippen LogP contribution in [-0.4, -0.2) is 0 Å². The molecule has 1 aromatic carbocycles. The molecule has 0 bridgehead atoms. The van der Waals surface area contributed by atoms with Gasteiger partial charge in [-0.1, -0.05) is 97.1 Å². The molecule has 1 saturated carbocycles. The third-order valence-electron chi connectivity index (χ3n) is 3.68. The van der Waals surface area contributed by atoms with Gasteiger partial charge in [0, 0.05) is 4.88 Å². The Morgan fingerprint density at radius 2 is 1.43 bits per heavy atom. The van der Waals surface area contributed by atoms with E-state index in [2.05, 4.69) is 49.6 Å².